The molecule has 2 fully saturated rings. The van der Waals surface area contributed by atoms with Gasteiger partial charge in [0, 0.05) is 18.5 Å². The van der Waals surface area contributed by atoms with Crippen LogP contribution in [0.5, 0.6) is 0 Å². The van der Waals surface area contributed by atoms with E-state index in [2.05, 4.69) is 16.0 Å². The van der Waals surface area contributed by atoms with Crippen LogP contribution in [0.25, 0.3) is 0 Å². The van der Waals surface area contributed by atoms with Crippen LogP contribution >= 0.6 is 0 Å². The number of aromatic nitrogens is 1. The largest absolute Gasteiger partial charge is 0.390 e. The summed E-state index contributed by atoms with van der Waals surface area (Å²) in [6.07, 6.45) is 6.55. The molecule has 0 radical (unpaired) electrons. The minimum Gasteiger partial charge on any atom is -0.390 e. The van der Waals surface area contributed by atoms with Gasteiger partial charge in [0.1, 0.15) is 17.6 Å². The molecule has 3 rings (SSSR count). The summed E-state index contributed by atoms with van der Waals surface area (Å²) in [5.74, 6) is 1.20. The lowest BCUT2D eigenvalue weighted by Crippen LogP contribution is -2.49. The number of hydrogen-bond acceptors (Lipinski definition) is 4. The molecule has 1 aromatic heterocycles. The lowest BCUT2D eigenvalue weighted by atomic mass is 9.72. The molecule has 1 N–H and O–H groups in total. The zero-order chi connectivity index (χ0) is 15.7. The van der Waals surface area contributed by atoms with Crippen LogP contribution in [0, 0.1) is 24.2 Å². The number of pyridine rings is 1. The van der Waals surface area contributed by atoms with E-state index in [1.807, 2.05) is 26.0 Å². The summed E-state index contributed by atoms with van der Waals surface area (Å²) in [5, 5.41) is 20.0. The molecular formula is C18H25N3O. The van der Waals surface area contributed by atoms with Gasteiger partial charge in [0.25, 0.3) is 0 Å². The monoisotopic (exact) mass is 299 g/mol. The maximum Gasteiger partial charge on any atom is 0.145 e. The molecular weight excluding hydrogens is 274 g/mol. The van der Waals surface area contributed by atoms with Gasteiger partial charge in [0.15, 0.2) is 0 Å². The third-order valence-corrected chi connectivity index (χ3v) is 5.49. The average molecular weight is 299 g/mol. The molecule has 0 spiro atoms. The van der Waals surface area contributed by atoms with Gasteiger partial charge in [-0.25, -0.2) is 4.98 Å². The molecule has 0 bridgehead atoms. The fourth-order valence-corrected chi connectivity index (χ4v) is 4.24. The molecule has 2 heterocycles. The van der Waals surface area contributed by atoms with Gasteiger partial charge in [0.05, 0.1) is 5.60 Å². The Hall–Kier alpha value is -1.60. The Labute approximate surface area is 132 Å². The average Bonchev–Trinajstić information content (AvgIpc) is 2.96. The number of nitrogens with zero attached hydrogens (tertiary/aromatic N) is 3. The molecule has 1 aliphatic heterocycles. The highest BCUT2D eigenvalue weighted by molar-refractivity contribution is 5.46. The van der Waals surface area contributed by atoms with Gasteiger partial charge in [-0.3, -0.25) is 0 Å². The summed E-state index contributed by atoms with van der Waals surface area (Å²) >= 11 is 0. The Kier molecular flexibility index (Phi) is 4.10. The fourth-order valence-electron chi connectivity index (χ4n) is 4.24. The van der Waals surface area contributed by atoms with Crippen molar-refractivity contribution in [1.82, 2.24) is 4.98 Å². The highest BCUT2D eigenvalue weighted by Gasteiger charge is 2.43. The molecule has 118 valence electrons. The Morgan fingerprint density at radius 2 is 2.14 bits per heavy atom. The SMILES string of the molecule is Cc1ccc(N2CCC[C@@H]2[C@H]2CCCC[C@]2(C)O)nc1C#N. The molecule has 0 unspecified atom stereocenters. The van der Waals surface area contributed by atoms with Gasteiger partial charge in [0.2, 0.25) is 0 Å². The van der Waals surface area contributed by atoms with Crippen LogP contribution in [-0.2, 0) is 0 Å². The van der Waals surface area contributed by atoms with Crippen LogP contribution in [0.1, 0.15) is 56.7 Å². The van der Waals surface area contributed by atoms with Crippen molar-refractivity contribution in [3.63, 3.8) is 0 Å². The van der Waals surface area contributed by atoms with E-state index in [1.54, 1.807) is 0 Å². The lowest BCUT2D eigenvalue weighted by molar-refractivity contribution is -0.0411. The minimum atomic E-state index is -0.575. The first kappa shape index (κ1) is 15.3. The van der Waals surface area contributed by atoms with E-state index in [4.69, 9.17) is 0 Å². The Morgan fingerprint density at radius 3 is 2.86 bits per heavy atom. The van der Waals surface area contributed by atoms with Gasteiger partial charge < -0.3 is 10.0 Å². The van der Waals surface area contributed by atoms with E-state index >= 15 is 0 Å². The van der Waals surface area contributed by atoms with Crippen molar-refractivity contribution in [2.75, 3.05) is 11.4 Å². The van der Waals surface area contributed by atoms with Crippen molar-refractivity contribution in [3.8, 4) is 6.07 Å². The molecule has 1 aromatic rings. The predicted molar refractivity (Wildman–Crippen MR) is 86.6 cm³/mol. The number of anilines is 1. The van der Waals surface area contributed by atoms with Crippen molar-refractivity contribution in [2.45, 2.75) is 64.0 Å². The molecule has 0 amide bonds. The Morgan fingerprint density at radius 1 is 1.32 bits per heavy atom. The van der Waals surface area contributed by atoms with Crippen molar-refractivity contribution < 1.29 is 5.11 Å². The summed E-state index contributed by atoms with van der Waals surface area (Å²) < 4.78 is 0. The van der Waals surface area contributed by atoms with E-state index in [-0.39, 0.29) is 0 Å². The molecule has 1 saturated carbocycles. The van der Waals surface area contributed by atoms with E-state index in [1.165, 1.54) is 6.42 Å². The molecule has 1 saturated heterocycles. The van der Waals surface area contributed by atoms with Gasteiger partial charge in [-0.05, 0) is 51.2 Å². The van der Waals surface area contributed by atoms with Crippen LogP contribution in [-0.4, -0.2) is 28.3 Å². The van der Waals surface area contributed by atoms with E-state index in [0.29, 0.717) is 17.7 Å². The van der Waals surface area contributed by atoms with Crippen molar-refractivity contribution in [2.24, 2.45) is 5.92 Å². The first-order valence-corrected chi connectivity index (χ1v) is 8.40. The molecule has 0 aromatic carbocycles. The zero-order valence-corrected chi connectivity index (χ0v) is 13.5. The smallest absolute Gasteiger partial charge is 0.145 e. The summed E-state index contributed by atoms with van der Waals surface area (Å²) in [4.78, 5) is 6.87. The number of aliphatic hydroxyl groups is 1. The van der Waals surface area contributed by atoms with Crippen molar-refractivity contribution in [3.05, 3.63) is 23.4 Å². The number of rotatable bonds is 2. The highest BCUT2D eigenvalue weighted by Crippen LogP contribution is 2.41. The maximum atomic E-state index is 10.8. The second kappa shape index (κ2) is 5.89. The van der Waals surface area contributed by atoms with Gasteiger partial charge in [-0.2, -0.15) is 5.26 Å². The second-order valence-corrected chi connectivity index (χ2v) is 7.06. The summed E-state index contributed by atoms with van der Waals surface area (Å²) in [6.45, 7) is 4.89. The van der Waals surface area contributed by atoms with Crippen LogP contribution in [0.3, 0.4) is 0 Å². The van der Waals surface area contributed by atoms with Crippen LogP contribution < -0.4 is 4.90 Å². The quantitative estimate of drug-likeness (QED) is 0.911. The van der Waals surface area contributed by atoms with E-state index in [9.17, 15) is 10.4 Å². The molecule has 3 atom stereocenters. The van der Waals surface area contributed by atoms with Crippen LogP contribution in [0.15, 0.2) is 12.1 Å². The van der Waals surface area contributed by atoms with Crippen molar-refractivity contribution >= 4 is 5.82 Å². The summed E-state index contributed by atoms with van der Waals surface area (Å²) in [5.41, 5.74) is 0.860. The van der Waals surface area contributed by atoms with Crippen molar-refractivity contribution in [1.29, 1.82) is 5.26 Å². The van der Waals surface area contributed by atoms with E-state index < -0.39 is 5.60 Å². The normalized spacial score (nSPS) is 32.0. The van der Waals surface area contributed by atoms with Crippen LogP contribution in [0.2, 0.25) is 0 Å². The number of aryl methyl sites for hydroxylation is 1. The predicted octanol–water partition coefficient (Wildman–Crippen LogP) is 3.17. The Bertz CT molecular complexity index is 590. The van der Waals surface area contributed by atoms with E-state index in [0.717, 1.165) is 50.0 Å². The Balaban J connectivity index is 1.89. The third kappa shape index (κ3) is 2.70. The first-order chi connectivity index (χ1) is 10.5. The standard InChI is InChI=1S/C18H25N3O/c1-13-8-9-17(20-15(13)12-19)21-11-5-7-16(21)14-6-3-4-10-18(14,2)22/h8-9,14,16,22H,3-7,10-11H2,1-2H3/t14-,16-,18+/m1/s1. The maximum absolute atomic E-state index is 10.8. The minimum absolute atomic E-state index is 0.303. The summed E-state index contributed by atoms with van der Waals surface area (Å²) in [6, 6.07) is 6.53. The van der Waals surface area contributed by atoms with Gasteiger partial charge >= 0.3 is 0 Å². The second-order valence-electron chi connectivity index (χ2n) is 7.06. The van der Waals surface area contributed by atoms with Crippen LogP contribution in [0.4, 0.5) is 5.82 Å². The van der Waals surface area contributed by atoms with Gasteiger partial charge in [-0.15, -0.1) is 0 Å². The summed E-state index contributed by atoms with van der Waals surface area (Å²) in [7, 11) is 0. The molecule has 4 nitrogen and oxygen atoms in total. The number of nitriles is 1. The fraction of sp³-hybridized carbons (Fsp3) is 0.667. The molecule has 4 heteroatoms. The molecule has 2 aliphatic rings. The molecule has 22 heavy (non-hydrogen) atoms. The third-order valence-electron chi connectivity index (χ3n) is 5.49. The zero-order valence-electron chi connectivity index (χ0n) is 13.5. The first-order valence-electron chi connectivity index (χ1n) is 8.40. The molecule has 1 aliphatic carbocycles. The topological polar surface area (TPSA) is 60.1 Å². The number of hydrogen-bond donors (Lipinski definition) is 1. The highest BCUT2D eigenvalue weighted by atomic mass is 16.3. The lowest BCUT2D eigenvalue weighted by Gasteiger charge is -2.43. The van der Waals surface area contributed by atoms with Gasteiger partial charge in [-0.1, -0.05) is 18.9 Å².